The summed E-state index contributed by atoms with van der Waals surface area (Å²) in [5.74, 6) is 3.67. The van der Waals surface area contributed by atoms with Gasteiger partial charge in [0.05, 0.1) is 0 Å². The zero-order chi connectivity index (χ0) is 24.8. The highest BCUT2D eigenvalue weighted by Gasteiger charge is 2.44. The van der Waals surface area contributed by atoms with Gasteiger partial charge in [-0.3, -0.25) is 19.4 Å². The lowest BCUT2D eigenvalue weighted by Gasteiger charge is -2.33. The van der Waals surface area contributed by atoms with Crippen LogP contribution in [0.1, 0.15) is 60.8 Å². The predicted molar refractivity (Wildman–Crippen MR) is 136 cm³/mol. The summed E-state index contributed by atoms with van der Waals surface area (Å²) >= 11 is 3.71. The van der Waals surface area contributed by atoms with Gasteiger partial charge in [0.15, 0.2) is 0 Å². The third-order valence-corrected chi connectivity index (χ3v) is 8.48. The average molecular weight is 501 g/mol. The molecule has 2 aliphatic rings. The molecule has 0 unspecified atom stereocenters. The van der Waals surface area contributed by atoms with Crippen molar-refractivity contribution in [3.63, 3.8) is 0 Å². The van der Waals surface area contributed by atoms with Crippen molar-refractivity contribution >= 4 is 47.4 Å². The molecule has 2 heterocycles. The molecule has 0 aliphatic carbocycles. The molecule has 0 saturated carbocycles. The monoisotopic (exact) mass is 500 g/mol. The fourth-order valence-corrected chi connectivity index (χ4v) is 6.70. The largest absolute Gasteiger partial charge is 0.327 e. The molecule has 2 saturated heterocycles. The topological polar surface area (TPSA) is 81.2 Å². The van der Waals surface area contributed by atoms with E-state index in [0.717, 1.165) is 42.3 Å². The van der Waals surface area contributed by atoms with Crippen LogP contribution in [0.5, 0.6) is 0 Å². The highest BCUT2D eigenvalue weighted by atomic mass is 32.2. The molecule has 0 aromatic rings. The van der Waals surface area contributed by atoms with Gasteiger partial charge in [-0.25, -0.2) is 9.59 Å². The number of carbonyl (C=O) groups excluding carboxylic acids is 4. The molecular weight excluding hydrogens is 460 g/mol. The molecule has 0 aromatic carbocycles. The smallest absolute Gasteiger partial charge is 0.315 e. The fourth-order valence-electron chi connectivity index (χ4n) is 4.12. The van der Waals surface area contributed by atoms with Gasteiger partial charge < -0.3 is 9.80 Å². The Hall–Kier alpha value is -1.42. The van der Waals surface area contributed by atoms with Crippen molar-refractivity contribution in [2.24, 2.45) is 0 Å². The maximum Gasteiger partial charge on any atom is 0.327 e. The van der Waals surface area contributed by atoms with Crippen molar-refractivity contribution in [3.8, 4) is 0 Å². The Labute approximate surface area is 207 Å². The molecule has 0 spiro atoms. The van der Waals surface area contributed by atoms with Gasteiger partial charge in [-0.1, -0.05) is 0 Å². The number of likely N-dealkylation sites (N-methyl/N-ethyl adjacent to an activating group) is 2. The third kappa shape index (κ3) is 6.81. The van der Waals surface area contributed by atoms with Crippen molar-refractivity contribution in [1.82, 2.24) is 19.6 Å². The molecule has 0 atom stereocenters. The van der Waals surface area contributed by atoms with E-state index >= 15 is 0 Å². The zero-order valence-electron chi connectivity index (χ0n) is 21.0. The van der Waals surface area contributed by atoms with Gasteiger partial charge in [-0.2, -0.15) is 23.5 Å². The van der Waals surface area contributed by atoms with E-state index in [1.54, 1.807) is 9.80 Å². The molecule has 2 rings (SSSR count). The van der Waals surface area contributed by atoms with E-state index in [-0.39, 0.29) is 37.0 Å². The van der Waals surface area contributed by atoms with Crippen LogP contribution in [0.3, 0.4) is 0 Å². The van der Waals surface area contributed by atoms with E-state index in [1.807, 2.05) is 65.1 Å². The van der Waals surface area contributed by atoms with Crippen LogP contribution in [-0.4, -0.2) is 104 Å². The Morgan fingerprint density at radius 1 is 0.667 bits per heavy atom. The first-order chi connectivity index (χ1) is 15.5. The molecule has 188 valence electrons. The number of carbonyl (C=O) groups is 4. The molecule has 8 nitrogen and oxygen atoms in total. The van der Waals surface area contributed by atoms with Crippen LogP contribution in [-0.2, 0) is 9.59 Å². The highest BCUT2D eigenvalue weighted by molar-refractivity contribution is 8.00. The number of nitrogens with zero attached hydrogens (tertiary/aromatic N) is 4. The third-order valence-electron chi connectivity index (χ3n) is 6.34. The molecule has 10 heteroatoms. The van der Waals surface area contributed by atoms with E-state index in [4.69, 9.17) is 0 Å². The van der Waals surface area contributed by atoms with Gasteiger partial charge in [0, 0.05) is 24.2 Å². The number of amides is 6. The summed E-state index contributed by atoms with van der Waals surface area (Å²) in [5.41, 5.74) is -0.938. The Morgan fingerprint density at radius 2 is 1.03 bits per heavy atom. The van der Waals surface area contributed by atoms with Crippen LogP contribution >= 0.6 is 23.5 Å². The lowest BCUT2D eigenvalue weighted by Crippen LogP contribution is -2.48. The summed E-state index contributed by atoms with van der Waals surface area (Å²) < 4.78 is 0. The minimum Gasteiger partial charge on any atom is -0.315 e. The summed E-state index contributed by atoms with van der Waals surface area (Å²) in [5, 5.41) is 0. The minimum atomic E-state index is -0.469. The highest BCUT2D eigenvalue weighted by Crippen LogP contribution is 2.28. The Balaban J connectivity index is 1.61. The van der Waals surface area contributed by atoms with E-state index in [1.165, 1.54) is 9.80 Å². The molecule has 0 N–H and O–H groups in total. The number of thioether (sulfide) groups is 2. The van der Waals surface area contributed by atoms with E-state index in [9.17, 15) is 19.2 Å². The summed E-state index contributed by atoms with van der Waals surface area (Å²) in [6.07, 6.45) is 2.63. The van der Waals surface area contributed by atoms with Gasteiger partial charge in [0.2, 0.25) is 0 Å². The first-order valence-electron chi connectivity index (χ1n) is 11.9. The SMILES string of the molecule is CCN1CC(=O)N(C(C)(C)CCSCCCSCCC(C)(C)N2C(=O)CN(CC)C2=O)C1=O. The van der Waals surface area contributed by atoms with Gasteiger partial charge in [0.1, 0.15) is 13.1 Å². The number of urea groups is 2. The zero-order valence-corrected chi connectivity index (χ0v) is 22.6. The van der Waals surface area contributed by atoms with Gasteiger partial charge >= 0.3 is 12.1 Å². The molecule has 0 aromatic heterocycles. The predicted octanol–water partition coefficient (Wildman–Crippen LogP) is 3.75. The molecule has 0 bridgehead atoms. The first kappa shape index (κ1) is 27.8. The number of hydrogen-bond donors (Lipinski definition) is 0. The fraction of sp³-hybridized carbons (Fsp3) is 0.826. The summed E-state index contributed by atoms with van der Waals surface area (Å²) in [4.78, 5) is 55.4. The Bertz CT molecular complexity index is 684. The molecule has 2 aliphatic heterocycles. The summed E-state index contributed by atoms with van der Waals surface area (Å²) in [6.45, 7) is 13.2. The number of imide groups is 2. The van der Waals surface area contributed by atoms with Crippen molar-refractivity contribution in [1.29, 1.82) is 0 Å². The second-order valence-corrected chi connectivity index (χ2v) is 12.2. The van der Waals surface area contributed by atoms with Crippen LogP contribution < -0.4 is 0 Å². The summed E-state index contributed by atoms with van der Waals surface area (Å²) in [7, 11) is 0. The van der Waals surface area contributed by atoms with Crippen molar-refractivity contribution in [2.75, 3.05) is 49.2 Å². The molecule has 2 fully saturated rings. The Morgan fingerprint density at radius 3 is 1.33 bits per heavy atom. The Kier molecular flexibility index (Phi) is 9.96. The van der Waals surface area contributed by atoms with Gasteiger partial charge in [-0.15, -0.1) is 0 Å². The van der Waals surface area contributed by atoms with Crippen LogP contribution in [0, 0.1) is 0 Å². The van der Waals surface area contributed by atoms with Crippen molar-refractivity contribution < 1.29 is 19.2 Å². The van der Waals surface area contributed by atoms with Crippen LogP contribution in [0.4, 0.5) is 9.59 Å². The quantitative estimate of drug-likeness (QED) is 0.267. The normalized spacial score (nSPS) is 17.9. The molecular formula is C23H40N4O4S2. The van der Waals surface area contributed by atoms with Crippen LogP contribution in [0.2, 0.25) is 0 Å². The van der Waals surface area contributed by atoms with E-state index in [2.05, 4.69) is 0 Å². The van der Waals surface area contributed by atoms with E-state index < -0.39 is 11.1 Å². The van der Waals surface area contributed by atoms with Crippen molar-refractivity contribution in [3.05, 3.63) is 0 Å². The van der Waals surface area contributed by atoms with Gasteiger partial charge in [-0.05, 0) is 83.8 Å². The maximum absolute atomic E-state index is 12.4. The first-order valence-corrected chi connectivity index (χ1v) is 14.2. The number of hydrogen-bond acceptors (Lipinski definition) is 6. The minimum absolute atomic E-state index is 0.101. The summed E-state index contributed by atoms with van der Waals surface area (Å²) in [6, 6.07) is -0.340. The van der Waals surface area contributed by atoms with Crippen LogP contribution in [0.15, 0.2) is 0 Å². The van der Waals surface area contributed by atoms with E-state index in [0.29, 0.717) is 13.1 Å². The molecule has 33 heavy (non-hydrogen) atoms. The second-order valence-electron chi connectivity index (χ2n) is 9.75. The molecule has 0 radical (unpaired) electrons. The standard InChI is InChI=1S/C23H40N4O4S2/c1-7-24-16-18(28)26(20(24)30)22(3,4)10-14-32-12-9-13-33-15-11-23(5,6)27-19(29)17-25(8-2)21(27)31/h7-17H2,1-6H3. The lowest BCUT2D eigenvalue weighted by atomic mass is 10.00. The van der Waals surface area contributed by atoms with Gasteiger partial charge in [0.25, 0.3) is 11.8 Å². The number of rotatable bonds is 14. The second kappa shape index (κ2) is 11.8. The lowest BCUT2D eigenvalue weighted by molar-refractivity contribution is -0.129. The molecule has 6 amide bonds. The van der Waals surface area contributed by atoms with Crippen molar-refractivity contribution in [2.45, 2.75) is 71.9 Å². The maximum atomic E-state index is 12.4. The average Bonchev–Trinajstić information content (AvgIpc) is 3.20. The van der Waals surface area contributed by atoms with Crippen LogP contribution in [0.25, 0.3) is 0 Å².